The first-order valence-corrected chi connectivity index (χ1v) is 7.92. The highest BCUT2D eigenvalue weighted by molar-refractivity contribution is 9.10. The Hall–Kier alpha value is -2.13. The monoisotopic (exact) mass is 360 g/mol. The van der Waals surface area contributed by atoms with Gasteiger partial charge in [0.25, 0.3) is 5.88 Å². The molecule has 0 bridgehead atoms. The van der Waals surface area contributed by atoms with Gasteiger partial charge in [-0.05, 0) is 30.5 Å². The summed E-state index contributed by atoms with van der Waals surface area (Å²) in [5, 5.41) is 13.2. The number of rotatable bonds is 6. The lowest BCUT2D eigenvalue weighted by Gasteiger charge is -2.05. The van der Waals surface area contributed by atoms with Crippen LogP contribution >= 0.6 is 15.9 Å². The zero-order chi connectivity index (χ0) is 15.9. The smallest absolute Gasteiger partial charge is 0.252 e. The van der Waals surface area contributed by atoms with Crippen molar-refractivity contribution in [3.63, 3.8) is 0 Å². The highest BCUT2D eigenvalue weighted by atomic mass is 79.9. The zero-order valence-electron chi connectivity index (χ0n) is 12.5. The number of nitrogens with one attached hydrogen (secondary N) is 1. The summed E-state index contributed by atoms with van der Waals surface area (Å²) in [5.74, 6) is 1.09. The molecule has 1 aromatic heterocycles. The van der Waals surface area contributed by atoms with Crippen LogP contribution in [0.1, 0.15) is 49.8 Å². The molecule has 6 heteroatoms. The molecule has 5 nitrogen and oxygen atoms in total. The third-order valence-electron chi connectivity index (χ3n) is 3.31. The third kappa shape index (κ3) is 3.95. The number of hydrogen-bond donors (Lipinski definition) is 1. The molecule has 1 aromatic carbocycles. The van der Waals surface area contributed by atoms with E-state index in [2.05, 4.69) is 45.3 Å². The molecule has 114 valence electrons. The minimum atomic E-state index is 0.219. The molecule has 0 aliphatic heterocycles. The van der Waals surface area contributed by atoms with Gasteiger partial charge in [-0.1, -0.05) is 41.9 Å². The molecule has 0 saturated heterocycles. The summed E-state index contributed by atoms with van der Waals surface area (Å²) in [6, 6.07) is 9.76. The van der Waals surface area contributed by atoms with Crippen LogP contribution < -0.4 is 5.43 Å². The van der Waals surface area contributed by atoms with Crippen LogP contribution in [0.5, 0.6) is 0 Å². The van der Waals surface area contributed by atoms with Crippen molar-refractivity contribution in [3.8, 4) is 6.07 Å². The number of anilines is 1. The topological polar surface area (TPSA) is 74.2 Å². The number of aromatic nitrogens is 1. The first-order valence-electron chi connectivity index (χ1n) is 7.13. The normalized spacial score (nSPS) is 11.0. The number of hydrazone groups is 1. The largest absolute Gasteiger partial charge is 0.422 e. The van der Waals surface area contributed by atoms with Crippen LogP contribution in [0.3, 0.4) is 0 Å². The van der Waals surface area contributed by atoms with E-state index in [4.69, 9.17) is 9.68 Å². The molecule has 1 N–H and O–H groups in total. The maximum atomic E-state index is 9.14. The van der Waals surface area contributed by atoms with Gasteiger partial charge < -0.3 is 4.42 Å². The van der Waals surface area contributed by atoms with Crippen LogP contribution in [-0.4, -0.2) is 11.2 Å². The molecular weight excluding hydrogens is 344 g/mol. The van der Waals surface area contributed by atoms with Gasteiger partial charge in [0.15, 0.2) is 0 Å². The molecule has 0 atom stereocenters. The van der Waals surface area contributed by atoms with Crippen molar-refractivity contribution in [2.45, 2.75) is 32.6 Å². The molecule has 22 heavy (non-hydrogen) atoms. The van der Waals surface area contributed by atoms with Gasteiger partial charge in [-0.25, -0.2) is 10.4 Å². The van der Waals surface area contributed by atoms with E-state index in [1.807, 2.05) is 30.3 Å². The predicted octanol–water partition coefficient (Wildman–Crippen LogP) is 4.66. The molecule has 0 spiro atoms. The number of nitriles is 1. The standard InChI is InChI=1S/C16H17BrN4O/c1-3-12(4-2)15-20-14(9-18)16(22-15)21-19-10-11-6-5-7-13(17)8-11/h5-8,10,12,21H,3-4H2,1-2H3/b19-10+. The van der Waals surface area contributed by atoms with Gasteiger partial charge in [0.1, 0.15) is 6.07 Å². The van der Waals surface area contributed by atoms with E-state index in [9.17, 15) is 0 Å². The summed E-state index contributed by atoms with van der Waals surface area (Å²) in [7, 11) is 0. The summed E-state index contributed by atoms with van der Waals surface area (Å²) >= 11 is 3.40. The molecule has 0 aliphatic carbocycles. The van der Waals surface area contributed by atoms with Gasteiger partial charge in [0, 0.05) is 10.4 Å². The van der Waals surface area contributed by atoms with Crippen molar-refractivity contribution in [2.75, 3.05) is 5.43 Å². The van der Waals surface area contributed by atoms with Crippen molar-refractivity contribution in [3.05, 3.63) is 45.9 Å². The Balaban J connectivity index is 2.14. The quantitative estimate of drug-likeness (QED) is 0.600. The van der Waals surface area contributed by atoms with Crippen molar-refractivity contribution >= 4 is 28.0 Å². The maximum Gasteiger partial charge on any atom is 0.252 e. The second kappa shape index (κ2) is 7.76. The van der Waals surface area contributed by atoms with E-state index in [0.29, 0.717) is 5.89 Å². The highest BCUT2D eigenvalue weighted by Gasteiger charge is 2.18. The SMILES string of the molecule is CCC(CC)c1nc(C#N)c(N/N=C/c2cccc(Br)c2)o1. The van der Waals surface area contributed by atoms with Crippen molar-refractivity contribution in [2.24, 2.45) is 5.10 Å². The fourth-order valence-electron chi connectivity index (χ4n) is 2.05. The first kappa shape index (κ1) is 16.2. The van der Waals surface area contributed by atoms with Gasteiger partial charge in [0.05, 0.1) is 6.21 Å². The Bertz CT molecular complexity index is 698. The Morgan fingerprint density at radius 2 is 2.23 bits per heavy atom. The Labute approximate surface area is 138 Å². The molecule has 0 saturated carbocycles. The number of nitrogens with zero attached hydrogens (tertiary/aromatic N) is 3. The fourth-order valence-corrected chi connectivity index (χ4v) is 2.47. The molecule has 0 aliphatic rings. The lowest BCUT2D eigenvalue weighted by atomic mass is 10.0. The van der Waals surface area contributed by atoms with Crippen LogP contribution in [0, 0.1) is 11.3 Å². The van der Waals surface area contributed by atoms with E-state index in [-0.39, 0.29) is 17.5 Å². The number of halogens is 1. The van der Waals surface area contributed by atoms with Gasteiger partial charge in [-0.3, -0.25) is 0 Å². The van der Waals surface area contributed by atoms with Gasteiger partial charge in [-0.15, -0.1) is 0 Å². The number of oxazole rings is 1. The van der Waals surface area contributed by atoms with Crippen LogP contribution in [0.25, 0.3) is 0 Å². The van der Waals surface area contributed by atoms with Gasteiger partial charge in [0.2, 0.25) is 11.6 Å². The Morgan fingerprint density at radius 3 is 2.86 bits per heavy atom. The molecule has 0 radical (unpaired) electrons. The van der Waals surface area contributed by atoms with Crippen molar-refractivity contribution in [1.29, 1.82) is 5.26 Å². The van der Waals surface area contributed by atoms with E-state index in [1.165, 1.54) is 0 Å². The molecule has 0 unspecified atom stereocenters. The van der Waals surface area contributed by atoms with Crippen LogP contribution in [0.15, 0.2) is 38.3 Å². The van der Waals surface area contributed by atoms with E-state index >= 15 is 0 Å². The van der Waals surface area contributed by atoms with Gasteiger partial charge >= 0.3 is 0 Å². The average Bonchev–Trinajstić information content (AvgIpc) is 2.92. The summed E-state index contributed by atoms with van der Waals surface area (Å²) in [6.07, 6.45) is 3.50. The Kier molecular flexibility index (Phi) is 5.73. The second-order valence-electron chi connectivity index (χ2n) is 4.78. The lowest BCUT2D eigenvalue weighted by molar-refractivity contribution is 0.439. The first-order chi connectivity index (χ1) is 10.7. The summed E-state index contributed by atoms with van der Waals surface area (Å²) in [6.45, 7) is 4.14. The highest BCUT2D eigenvalue weighted by Crippen LogP contribution is 2.27. The predicted molar refractivity (Wildman–Crippen MR) is 89.9 cm³/mol. The summed E-state index contributed by atoms with van der Waals surface area (Å²) in [5.41, 5.74) is 3.92. The van der Waals surface area contributed by atoms with Crippen LogP contribution in [-0.2, 0) is 0 Å². The molecule has 0 fully saturated rings. The Morgan fingerprint density at radius 1 is 1.45 bits per heavy atom. The minimum Gasteiger partial charge on any atom is -0.422 e. The van der Waals surface area contributed by atoms with Crippen LogP contribution in [0.2, 0.25) is 0 Å². The van der Waals surface area contributed by atoms with Crippen molar-refractivity contribution < 1.29 is 4.42 Å². The van der Waals surface area contributed by atoms with E-state index in [0.717, 1.165) is 22.9 Å². The fraction of sp³-hybridized carbons (Fsp3) is 0.312. The second-order valence-corrected chi connectivity index (χ2v) is 5.70. The van der Waals surface area contributed by atoms with Crippen molar-refractivity contribution in [1.82, 2.24) is 4.98 Å². The number of hydrogen-bond acceptors (Lipinski definition) is 5. The average molecular weight is 361 g/mol. The van der Waals surface area contributed by atoms with E-state index in [1.54, 1.807) is 6.21 Å². The maximum absolute atomic E-state index is 9.14. The van der Waals surface area contributed by atoms with Gasteiger partial charge in [-0.2, -0.15) is 10.4 Å². The molecular formula is C16H17BrN4O. The van der Waals surface area contributed by atoms with Crippen LogP contribution in [0.4, 0.5) is 5.88 Å². The lowest BCUT2D eigenvalue weighted by Crippen LogP contribution is -1.95. The molecule has 2 aromatic rings. The molecule has 2 rings (SSSR count). The zero-order valence-corrected chi connectivity index (χ0v) is 14.1. The summed E-state index contributed by atoms with van der Waals surface area (Å²) in [4.78, 5) is 4.24. The minimum absolute atomic E-state index is 0.219. The summed E-state index contributed by atoms with van der Waals surface area (Å²) < 4.78 is 6.62. The molecule has 0 amide bonds. The van der Waals surface area contributed by atoms with E-state index < -0.39 is 0 Å². The molecule has 1 heterocycles. The third-order valence-corrected chi connectivity index (χ3v) is 3.81. The number of benzene rings is 1.